The summed E-state index contributed by atoms with van der Waals surface area (Å²) in [6, 6.07) is 6.25. The Labute approximate surface area is 76.0 Å². The number of aliphatic carboxylic acids is 1. The van der Waals surface area contributed by atoms with Crippen LogP contribution in [0, 0.1) is 5.82 Å². The number of benzene rings is 1. The molecule has 1 N–H and O–H groups in total. The maximum atomic E-state index is 13.1. The maximum Gasteiger partial charge on any atom is 0.303 e. The summed E-state index contributed by atoms with van der Waals surface area (Å²) in [6.07, 6.45) is -0.0407. The van der Waals surface area contributed by atoms with E-state index < -0.39 is 5.97 Å². The zero-order chi connectivity index (χ0) is 9.84. The molecule has 1 rings (SSSR count). The maximum absolute atomic E-state index is 13.1. The first-order chi connectivity index (χ1) is 6.11. The van der Waals surface area contributed by atoms with Gasteiger partial charge in [0.05, 0.1) is 6.42 Å². The van der Waals surface area contributed by atoms with Crippen LogP contribution >= 0.6 is 0 Å². The normalized spacial score (nSPS) is 12.5. The number of hydrogen-bond acceptors (Lipinski definition) is 1. The Hall–Kier alpha value is -1.38. The van der Waals surface area contributed by atoms with Crippen LogP contribution in [-0.4, -0.2) is 11.1 Å². The van der Waals surface area contributed by atoms with Gasteiger partial charge in [0.15, 0.2) is 0 Å². The fourth-order valence-electron chi connectivity index (χ4n) is 1.25. The number of rotatable bonds is 3. The minimum absolute atomic E-state index is 0.0407. The van der Waals surface area contributed by atoms with E-state index >= 15 is 0 Å². The number of carbonyl (C=O) groups is 1. The molecule has 0 saturated carbocycles. The van der Waals surface area contributed by atoms with Gasteiger partial charge in [-0.1, -0.05) is 25.1 Å². The van der Waals surface area contributed by atoms with Crippen LogP contribution in [-0.2, 0) is 4.79 Å². The van der Waals surface area contributed by atoms with Gasteiger partial charge in [0.2, 0.25) is 0 Å². The summed E-state index contributed by atoms with van der Waals surface area (Å²) < 4.78 is 13.1. The Bertz CT molecular complexity index is 310. The summed E-state index contributed by atoms with van der Waals surface area (Å²) in [5.41, 5.74) is 0.463. The van der Waals surface area contributed by atoms with Crippen LogP contribution in [0.4, 0.5) is 4.39 Å². The Kier molecular flexibility index (Phi) is 3.01. The van der Waals surface area contributed by atoms with E-state index in [0.717, 1.165) is 0 Å². The minimum atomic E-state index is -0.907. The first-order valence-corrected chi connectivity index (χ1v) is 4.07. The molecule has 0 fully saturated rings. The second-order valence-electron chi connectivity index (χ2n) is 3.02. The number of hydrogen-bond donors (Lipinski definition) is 1. The van der Waals surface area contributed by atoms with Crippen molar-refractivity contribution in [3.8, 4) is 0 Å². The molecule has 1 atom stereocenters. The first-order valence-electron chi connectivity index (χ1n) is 4.07. The smallest absolute Gasteiger partial charge is 0.303 e. The molecule has 1 aromatic rings. The lowest BCUT2D eigenvalue weighted by atomic mass is 9.97. The summed E-state index contributed by atoms with van der Waals surface area (Å²) in [5.74, 6) is -1.52. The van der Waals surface area contributed by atoms with Crippen LogP contribution in [0.1, 0.15) is 24.8 Å². The van der Waals surface area contributed by atoms with Crippen molar-refractivity contribution < 1.29 is 14.3 Å². The molecule has 13 heavy (non-hydrogen) atoms. The van der Waals surface area contributed by atoms with Crippen molar-refractivity contribution >= 4 is 5.97 Å². The topological polar surface area (TPSA) is 37.3 Å². The molecule has 0 radical (unpaired) electrons. The van der Waals surface area contributed by atoms with E-state index in [9.17, 15) is 9.18 Å². The molecule has 3 heteroatoms. The van der Waals surface area contributed by atoms with Crippen molar-refractivity contribution in [2.75, 3.05) is 0 Å². The molecular formula is C10H11FO2. The van der Waals surface area contributed by atoms with Gasteiger partial charge in [0.1, 0.15) is 5.82 Å². The van der Waals surface area contributed by atoms with Crippen LogP contribution < -0.4 is 0 Å². The van der Waals surface area contributed by atoms with Crippen molar-refractivity contribution in [1.29, 1.82) is 0 Å². The molecule has 0 spiro atoms. The predicted octanol–water partition coefficient (Wildman–Crippen LogP) is 2.40. The zero-order valence-corrected chi connectivity index (χ0v) is 7.33. The van der Waals surface area contributed by atoms with Gasteiger partial charge >= 0.3 is 5.97 Å². The van der Waals surface area contributed by atoms with Crippen molar-refractivity contribution in [2.45, 2.75) is 19.3 Å². The van der Waals surface area contributed by atoms with Gasteiger partial charge in [0.25, 0.3) is 0 Å². The summed E-state index contributed by atoms with van der Waals surface area (Å²) >= 11 is 0. The summed E-state index contributed by atoms with van der Waals surface area (Å²) in [4.78, 5) is 10.4. The lowest BCUT2D eigenvalue weighted by Crippen LogP contribution is -2.04. The Morgan fingerprint density at radius 2 is 2.15 bits per heavy atom. The van der Waals surface area contributed by atoms with Crippen LogP contribution in [0.5, 0.6) is 0 Å². The molecule has 0 unspecified atom stereocenters. The SMILES string of the molecule is C[C@@H](CC(=O)O)c1ccccc1F. The molecule has 0 aliphatic heterocycles. The summed E-state index contributed by atoms with van der Waals surface area (Å²) in [7, 11) is 0. The molecular weight excluding hydrogens is 171 g/mol. The van der Waals surface area contributed by atoms with E-state index in [1.165, 1.54) is 6.07 Å². The van der Waals surface area contributed by atoms with Gasteiger partial charge in [-0.3, -0.25) is 4.79 Å². The molecule has 0 bridgehead atoms. The van der Waals surface area contributed by atoms with Gasteiger partial charge < -0.3 is 5.11 Å². The van der Waals surface area contributed by atoms with Crippen LogP contribution in [0.2, 0.25) is 0 Å². The lowest BCUT2D eigenvalue weighted by molar-refractivity contribution is -0.137. The third-order valence-corrected chi connectivity index (χ3v) is 1.92. The highest BCUT2D eigenvalue weighted by Gasteiger charge is 2.13. The predicted molar refractivity (Wildman–Crippen MR) is 47.1 cm³/mol. The van der Waals surface area contributed by atoms with Crippen molar-refractivity contribution in [3.05, 3.63) is 35.6 Å². The first kappa shape index (κ1) is 9.71. The molecule has 0 aliphatic rings. The van der Waals surface area contributed by atoms with E-state index in [-0.39, 0.29) is 18.2 Å². The number of carboxylic acid groups (broad SMARTS) is 1. The second kappa shape index (κ2) is 4.03. The van der Waals surface area contributed by atoms with Gasteiger partial charge in [-0.25, -0.2) is 4.39 Å². The fraction of sp³-hybridized carbons (Fsp3) is 0.300. The highest BCUT2D eigenvalue weighted by atomic mass is 19.1. The quantitative estimate of drug-likeness (QED) is 0.779. The Morgan fingerprint density at radius 1 is 1.54 bits per heavy atom. The molecule has 2 nitrogen and oxygen atoms in total. The van der Waals surface area contributed by atoms with E-state index in [4.69, 9.17) is 5.11 Å². The van der Waals surface area contributed by atoms with Crippen molar-refractivity contribution in [3.63, 3.8) is 0 Å². The third kappa shape index (κ3) is 2.54. The second-order valence-corrected chi connectivity index (χ2v) is 3.02. The minimum Gasteiger partial charge on any atom is -0.481 e. The Balaban J connectivity index is 2.82. The third-order valence-electron chi connectivity index (χ3n) is 1.92. The highest BCUT2D eigenvalue weighted by Crippen LogP contribution is 2.21. The molecule has 70 valence electrons. The molecule has 0 amide bonds. The van der Waals surface area contributed by atoms with Gasteiger partial charge in [-0.2, -0.15) is 0 Å². The highest BCUT2D eigenvalue weighted by molar-refractivity contribution is 5.67. The van der Waals surface area contributed by atoms with Crippen molar-refractivity contribution in [2.24, 2.45) is 0 Å². The number of halogens is 1. The summed E-state index contributed by atoms with van der Waals surface area (Å²) in [6.45, 7) is 1.70. The van der Waals surface area contributed by atoms with Gasteiger partial charge in [-0.05, 0) is 17.5 Å². The largest absolute Gasteiger partial charge is 0.481 e. The Morgan fingerprint density at radius 3 is 2.69 bits per heavy atom. The average Bonchev–Trinajstić information content (AvgIpc) is 2.03. The fourth-order valence-corrected chi connectivity index (χ4v) is 1.25. The zero-order valence-electron chi connectivity index (χ0n) is 7.33. The lowest BCUT2D eigenvalue weighted by Gasteiger charge is -2.09. The van der Waals surface area contributed by atoms with Crippen LogP contribution in [0.3, 0.4) is 0 Å². The molecule has 0 saturated heterocycles. The van der Waals surface area contributed by atoms with E-state index in [1.54, 1.807) is 25.1 Å². The average molecular weight is 182 g/mol. The standard InChI is InChI=1S/C10H11FO2/c1-7(6-10(12)13)8-4-2-3-5-9(8)11/h2-5,7H,6H2,1H3,(H,12,13)/t7-/m0/s1. The monoisotopic (exact) mass is 182 g/mol. The van der Waals surface area contributed by atoms with E-state index in [2.05, 4.69) is 0 Å². The van der Waals surface area contributed by atoms with Crippen LogP contribution in [0.15, 0.2) is 24.3 Å². The molecule has 0 aliphatic carbocycles. The van der Waals surface area contributed by atoms with E-state index in [0.29, 0.717) is 5.56 Å². The van der Waals surface area contributed by atoms with Gasteiger partial charge in [-0.15, -0.1) is 0 Å². The summed E-state index contributed by atoms with van der Waals surface area (Å²) in [5, 5.41) is 8.51. The number of carboxylic acids is 1. The van der Waals surface area contributed by atoms with Gasteiger partial charge in [0, 0.05) is 0 Å². The molecule has 0 heterocycles. The van der Waals surface area contributed by atoms with E-state index in [1.807, 2.05) is 0 Å². The van der Waals surface area contributed by atoms with Crippen molar-refractivity contribution in [1.82, 2.24) is 0 Å². The van der Waals surface area contributed by atoms with Crippen LogP contribution in [0.25, 0.3) is 0 Å². The molecule has 1 aromatic carbocycles. The molecule has 0 aromatic heterocycles.